The van der Waals surface area contributed by atoms with Crippen molar-refractivity contribution in [2.24, 2.45) is 0 Å². The molecular weight excluding hydrogens is 353 g/mol. The molecule has 1 amide bonds. The van der Waals surface area contributed by atoms with Gasteiger partial charge in [0.25, 0.3) is 0 Å². The van der Waals surface area contributed by atoms with E-state index in [-0.39, 0.29) is 11.7 Å². The zero-order valence-corrected chi connectivity index (χ0v) is 15.7. The number of para-hydroxylation sites is 1. The molecule has 2 aromatic carbocycles. The molecule has 1 saturated heterocycles. The number of anilines is 2. The number of amides is 1. The molecule has 1 heterocycles. The fourth-order valence-electron chi connectivity index (χ4n) is 3.27. The average Bonchev–Trinajstić information content (AvgIpc) is 2.65. The highest BCUT2D eigenvalue weighted by atomic mass is 35.5. The predicted octanol–water partition coefficient (Wildman–Crippen LogP) is 2.52. The van der Waals surface area contributed by atoms with Crippen LogP contribution in [0.15, 0.2) is 42.5 Å². The van der Waals surface area contributed by atoms with E-state index >= 15 is 0 Å². The Morgan fingerprint density at radius 1 is 1.19 bits per heavy atom. The van der Waals surface area contributed by atoms with E-state index in [1.54, 1.807) is 6.07 Å². The molecule has 1 fully saturated rings. The Balaban J connectivity index is 1.46. The van der Waals surface area contributed by atoms with Crippen LogP contribution in [0.25, 0.3) is 0 Å². The maximum Gasteiger partial charge on any atom is 0.230 e. The zero-order valence-electron chi connectivity index (χ0n) is 14.9. The van der Waals surface area contributed by atoms with Gasteiger partial charge in [-0.25, -0.2) is 4.39 Å². The van der Waals surface area contributed by atoms with Gasteiger partial charge in [0.05, 0.1) is 44.8 Å². The van der Waals surface area contributed by atoms with Gasteiger partial charge in [-0.1, -0.05) is 29.8 Å². The number of carbonyl (C=O) groups is 1. The summed E-state index contributed by atoms with van der Waals surface area (Å²) in [5.41, 5.74) is 2.32. The van der Waals surface area contributed by atoms with Gasteiger partial charge in [-0.3, -0.25) is 4.79 Å². The molecule has 0 aromatic heterocycles. The Morgan fingerprint density at radius 2 is 1.92 bits per heavy atom. The smallest absolute Gasteiger partial charge is 0.230 e. The van der Waals surface area contributed by atoms with E-state index in [0.29, 0.717) is 17.1 Å². The average molecular weight is 377 g/mol. The van der Waals surface area contributed by atoms with E-state index in [2.05, 4.69) is 10.2 Å². The number of halogens is 2. The summed E-state index contributed by atoms with van der Waals surface area (Å²) >= 11 is 6.08. The quantitative estimate of drug-likeness (QED) is 0.841. The highest BCUT2D eigenvalue weighted by Crippen LogP contribution is 2.23. The van der Waals surface area contributed by atoms with Crippen molar-refractivity contribution in [2.45, 2.75) is 13.3 Å². The first-order chi connectivity index (χ1) is 12.5. The topological polar surface area (TPSA) is 36.8 Å². The van der Waals surface area contributed by atoms with Crippen molar-refractivity contribution in [2.75, 3.05) is 42.9 Å². The van der Waals surface area contributed by atoms with Gasteiger partial charge in [0.2, 0.25) is 5.91 Å². The van der Waals surface area contributed by atoms with Crippen LogP contribution in [0.2, 0.25) is 5.02 Å². The minimum atomic E-state index is -0.174. The SMILES string of the molecule is Cc1c(Cl)cccc1NC(=O)CC[NH+]1CCN(c2ccccc2F)CC1. The van der Waals surface area contributed by atoms with E-state index in [1.807, 2.05) is 37.3 Å². The molecule has 2 N–H and O–H groups in total. The standard InChI is InChI=1S/C20H23ClFN3O/c1-15-16(21)5-4-7-18(15)23-20(26)9-10-24-11-13-25(14-12-24)19-8-3-2-6-17(19)22/h2-8H,9-14H2,1H3,(H,23,26)/p+1. The van der Waals surface area contributed by atoms with Crippen LogP contribution in [0.3, 0.4) is 0 Å². The maximum absolute atomic E-state index is 13.9. The predicted molar refractivity (Wildman–Crippen MR) is 104 cm³/mol. The zero-order chi connectivity index (χ0) is 18.5. The van der Waals surface area contributed by atoms with Crippen molar-refractivity contribution in [1.29, 1.82) is 0 Å². The van der Waals surface area contributed by atoms with E-state index in [9.17, 15) is 9.18 Å². The summed E-state index contributed by atoms with van der Waals surface area (Å²) < 4.78 is 13.9. The summed E-state index contributed by atoms with van der Waals surface area (Å²) in [5, 5.41) is 3.59. The molecular formula is C20H24ClFN3O+. The molecule has 4 nitrogen and oxygen atoms in total. The second kappa shape index (κ2) is 8.52. The van der Waals surface area contributed by atoms with Gasteiger partial charge in [-0.05, 0) is 36.8 Å². The Hall–Kier alpha value is -2.11. The Bertz CT molecular complexity index is 775. The summed E-state index contributed by atoms with van der Waals surface area (Å²) in [5.74, 6) is -0.174. The molecule has 3 rings (SSSR count). The highest BCUT2D eigenvalue weighted by Gasteiger charge is 2.22. The van der Waals surface area contributed by atoms with Crippen LogP contribution in [-0.4, -0.2) is 38.6 Å². The molecule has 0 aliphatic carbocycles. The van der Waals surface area contributed by atoms with Crippen LogP contribution in [0, 0.1) is 12.7 Å². The van der Waals surface area contributed by atoms with Crippen molar-refractivity contribution >= 4 is 28.9 Å². The number of quaternary nitrogens is 1. The van der Waals surface area contributed by atoms with Crippen LogP contribution in [0.5, 0.6) is 0 Å². The van der Waals surface area contributed by atoms with Gasteiger partial charge >= 0.3 is 0 Å². The first kappa shape index (κ1) is 18.7. The minimum absolute atomic E-state index is 0.000555. The van der Waals surface area contributed by atoms with Gasteiger partial charge in [-0.15, -0.1) is 0 Å². The lowest BCUT2D eigenvalue weighted by atomic mass is 10.2. The third-order valence-electron chi connectivity index (χ3n) is 4.91. The monoisotopic (exact) mass is 376 g/mol. The van der Waals surface area contributed by atoms with E-state index in [0.717, 1.165) is 44.0 Å². The molecule has 0 spiro atoms. The Kier molecular flexibility index (Phi) is 6.12. The normalized spacial score (nSPS) is 15.1. The van der Waals surface area contributed by atoms with Crippen molar-refractivity contribution in [3.8, 4) is 0 Å². The van der Waals surface area contributed by atoms with E-state index in [1.165, 1.54) is 11.0 Å². The van der Waals surface area contributed by atoms with Gasteiger partial charge < -0.3 is 15.1 Å². The van der Waals surface area contributed by atoms with E-state index < -0.39 is 0 Å². The molecule has 0 bridgehead atoms. The van der Waals surface area contributed by atoms with Crippen LogP contribution in [0.1, 0.15) is 12.0 Å². The van der Waals surface area contributed by atoms with Crippen LogP contribution in [-0.2, 0) is 4.79 Å². The summed E-state index contributed by atoms with van der Waals surface area (Å²) in [4.78, 5) is 15.7. The van der Waals surface area contributed by atoms with Crippen LogP contribution in [0.4, 0.5) is 15.8 Å². The first-order valence-corrected chi connectivity index (χ1v) is 9.30. The van der Waals surface area contributed by atoms with Crippen LogP contribution >= 0.6 is 11.6 Å². The molecule has 138 valence electrons. The molecule has 26 heavy (non-hydrogen) atoms. The molecule has 0 radical (unpaired) electrons. The van der Waals surface area contributed by atoms with Gasteiger partial charge in [-0.2, -0.15) is 0 Å². The molecule has 0 atom stereocenters. The second-order valence-corrected chi connectivity index (χ2v) is 7.06. The third-order valence-corrected chi connectivity index (χ3v) is 5.32. The number of rotatable bonds is 5. The molecule has 2 aromatic rings. The number of nitrogens with zero attached hydrogens (tertiary/aromatic N) is 1. The highest BCUT2D eigenvalue weighted by molar-refractivity contribution is 6.31. The molecule has 0 saturated carbocycles. The number of hydrogen-bond donors (Lipinski definition) is 2. The lowest BCUT2D eigenvalue weighted by Crippen LogP contribution is -3.15. The number of hydrogen-bond acceptors (Lipinski definition) is 2. The third kappa shape index (κ3) is 4.54. The van der Waals surface area contributed by atoms with Crippen molar-refractivity contribution in [1.82, 2.24) is 0 Å². The Morgan fingerprint density at radius 3 is 2.65 bits per heavy atom. The molecule has 1 aliphatic rings. The second-order valence-electron chi connectivity index (χ2n) is 6.65. The van der Waals surface area contributed by atoms with Crippen LogP contribution < -0.4 is 15.1 Å². The number of carbonyl (C=O) groups excluding carboxylic acids is 1. The fraction of sp³-hybridized carbons (Fsp3) is 0.350. The number of piperazine rings is 1. The fourth-order valence-corrected chi connectivity index (χ4v) is 3.44. The Labute approximate surface area is 158 Å². The summed E-state index contributed by atoms with van der Waals surface area (Å²) in [6.45, 7) is 6.06. The largest absolute Gasteiger partial charge is 0.358 e. The lowest BCUT2D eigenvalue weighted by Gasteiger charge is -2.33. The lowest BCUT2D eigenvalue weighted by molar-refractivity contribution is -0.900. The van der Waals surface area contributed by atoms with Crippen molar-refractivity contribution in [3.05, 3.63) is 58.9 Å². The first-order valence-electron chi connectivity index (χ1n) is 8.92. The summed E-state index contributed by atoms with van der Waals surface area (Å²) in [6.07, 6.45) is 0.459. The summed E-state index contributed by atoms with van der Waals surface area (Å²) in [7, 11) is 0. The van der Waals surface area contributed by atoms with Gasteiger partial charge in [0.15, 0.2) is 0 Å². The van der Waals surface area contributed by atoms with E-state index in [4.69, 9.17) is 11.6 Å². The van der Waals surface area contributed by atoms with Crippen molar-refractivity contribution in [3.63, 3.8) is 0 Å². The number of benzene rings is 2. The molecule has 6 heteroatoms. The summed E-state index contributed by atoms with van der Waals surface area (Å²) in [6, 6.07) is 12.4. The minimum Gasteiger partial charge on any atom is -0.358 e. The van der Waals surface area contributed by atoms with Gasteiger partial charge in [0, 0.05) is 10.7 Å². The maximum atomic E-state index is 13.9. The van der Waals surface area contributed by atoms with Gasteiger partial charge in [0.1, 0.15) is 5.82 Å². The molecule has 0 unspecified atom stereocenters. The number of nitrogens with one attached hydrogen (secondary N) is 2. The van der Waals surface area contributed by atoms with Crippen molar-refractivity contribution < 1.29 is 14.1 Å². The molecule has 1 aliphatic heterocycles.